The fraction of sp³-hybridized carbons (Fsp3) is 0.400. The molecule has 0 spiro atoms. The van der Waals surface area contributed by atoms with E-state index in [1.807, 2.05) is 11.8 Å². The third-order valence-electron chi connectivity index (χ3n) is 3.34. The number of halogens is 1. The van der Waals surface area contributed by atoms with Crippen LogP contribution < -0.4 is 5.32 Å². The Bertz CT molecular complexity index is 470. The first-order valence-electron chi connectivity index (χ1n) is 6.54. The van der Waals surface area contributed by atoms with Gasteiger partial charge in [-0.3, -0.25) is 4.79 Å². The molecule has 2 atom stereocenters. The smallest absolute Gasteiger partial charge is 0.246 e. The summed E-state index contributed by atoms with van der Waals surface area (Å²) in [6, 6.07) is 6.60. The van der Waals surface area contributed by atoms with Crippen LogP contribution in [0, 0.1) is 5.82 Å². The zero-order valence-electron chi connectivity index (χ0n) is 11.3. The zero-order chi connectivity index (χ0) is 13.8. The van der Waals surface area contributed by atoms with Crippen LogP contribution in [-0.2, 0) is 4.79 Å². The van der Waals surface area contributed by atoms with Crippen LogP contribution in [0.25, 0.3) is 6.08 Å². The average molecular weight is 262 g/mol. The van der Waals surface area contributed by atoms with Gasteiger partial charge >= 0.3 is 0 Å². The van der Waals surface area contributed by atoms with E-state index in [-0.39, 0.29) is 17.8 Å². The van der Waals surface area contributed by atoms with E-state index < -0.39 is 0 Å². The monoisotopic (exact) mass is 262 g/mol. The topological polar surface area (TPSA) is 32.3 Å². The molecule has 4 heteroatoms. The molecule has 1 heterocycles. The van der Waals surface area contributed by atoms with E-state index in [0.717, 1.165) is 12.1 Å². The van der Waals surface area contributed by atoms with Crippen molar-refractivity contribution in [3.8, 4) is 0 Å². The van der Waals surface area contributed by atoms with Gasteiger partial charge in [0.05, 0.1) is 0 Å². The molecule has 1 aromatic rings. The Labute approximate surface area is 113 Å². The molecule has 1 N–H and O–H groups in total. The number of piperazine rings is 1. The second-order valence-corrected chi connectivity index (χ2v) is 5.03. The molecule has 102 valence electrons. The highest BCUT2D eigenvalue weighted by Gasteiger charge is 2.24. The summed E-state index contributed by atoms with van der Waals surface area (Å²) in [4.78, 5) is 14.0. The lowest BCUT2D eigenvalue weighted by molar-refractivity contribution is -0.129. The summed E-state index contributed by atoms with van der Waals surface area (Å²) in [5.74, 6) is -0.266. The maximum absolute atomic E-state index is 12.8. The van der Waals surface area contributed by atoms with E-state index in [9.17, 15) is 9.18 Å². The highest BCUT2D eigenvalue weighted by Crippen LogP contribution is 2.09. The number of nitrogens with one attached hydrogen (secondary N) is 1. The molecule has 0 aromatic heterocycles. The van der Waals surface area contributed by atoms with Gasteiger partial charge in [-0.15, -0.1) is 0 Å². The van der Waals surface area contributed by atoms with E-state index >= 15 is 0 Å². The van der Waals surface area contributed by atoms with Crippen molar-refractivity contribution >= 4 is 12.0 Å². The molecule has 0 aliphatic carbocycles. The van der Waals surface area contributed by atoms with Gasteiger partial charge in [0, 0.05) is 31.2 Å². The predicted molar refractivity (Wildman–Crippen MR) is 74.1 cm³/mol. The number of benzene rings is 1. The van der Waals surface area contributed by atoms with E-state index in [0.29, 0.717) is 12.6 Å². The standard InChI is InChI=1S/C15H19FN2O/c1-11-10-18(12(2)9-17-11)15(19)8-5-13-3-6-14(16)7-4-13/h3-8,11-12,17H,9-10H2,1-2H3. The van der Waals surface area contributed by atoms with Gasteiger partial charge in [-0.1, -0.05) is 12.1 Å². The molecular weight excluding hydrogens is 243 g/mol. The van der Waals surface area contributed by atoms with Crippen LogP contribution in [0.5, 0.6) is 0 Å². The summed E-state index contributed by atoms with van der Waals surface area (Å²) in [5.41, 5.74) is 0.825. The van der Waals surface area contributed by atoms with Crippen LogP contribution in [0.3, 0.4) is 0 Å². The second-order valence-electron chi connectivity index (χ2n) is 5.03. The molecular formula is C15H19FN2O. The van der Waals surface area contributed by atoms with Crippen molar-refractivity contribution in [3.05, 3.63) is 41.7 Å². The maximum atomic E-state index is 12.8. The lowest BCUT2D eigenvalue weighted by Gasteiger charge is -2.36. The van der Waals surface area contributed by atoms with Gasteiger partial charge in [-0.25, -0.2) is 4.39 Å². The highest BCUT2D eigenvalue weighted by molar-refractivity contribution is 5.92. The molecule has 0 bridgehead atoms. The SMILES string of the molecule is CC1CN(C(=O)C=Cc2ccc(F)cc2)C(C)CN1. The maximum Gasteiger partial charge on any atom is 0.246 e. The Morgan fingerprint density at radius 2 is 2.05 bits per heavy atom. The Morgan fingerprint density at radius 3 is 2.74 bits per heavy atom. The van der Waals surface area contributed by atoms with Gasteiger partial charge in [0.1, 0.15) is 5.82 Å². The van der Waals surface area contributed by atoms with Crippen molar-refractivity contribution < 1.29 is 9.18 Å². The number of rotatable bonds is 2. The number of carbonyl (C=O) groups is 1. The average Bonchev–Trinajstić information content (AvgIpc) is 2.40. The second kappa shape index (κ2) is 5.97. The van der Waals surface area contributed by atoms with Gasteiger partial charge in [0.2, 0.25) is 5.91 Å². The summed E-state index contributed by atoms with van der Waals surface area (Å²) < 4.78 is 12.8. The van der Waals surface area contributed by atoms with E-state index in [1.165, 1.54) is 12.1 Å². The number of carbonyl (C=O) groups excluding carboxylic acids is 1. The largest absolute Gasteiger partial charge is 0.334 e. The molecule has 1 saturated heterocycles. The summed E-state index contributed by atoms with van der Waals surface area (Å²) in [5, 5.41) is 3.34. The van der Waals surface area contributed by atoms with Crippen LogP contribution in [0.1, 0.15) is 19.4 Å². The highest BCUT2D eigenvalue weighted by atomic mass is 19.1. The Morgan fingerprint density at radius 1 is 1.37 bits per heavy atom. The molecule has 1 aliphatic heterocycles. The molecule has 0 saturated carbocycles. The lowest BCUT2D eigenvalue weighted by atomic mass is 10.1. The summed E-state index contributed by atoms with van der Waals surface area (Å²) >= 11 is 0. The Kier molecular flexibility index (Phi) is 4.32. The number of amides is 1. The minimum Gasteiger partial charge on any atom is -0.334 e. The molecule has 3 nitrogen and oxygen atoms in total. The van der Waals surface area contributed by atoms with Crippen molar-refractivity contribution in [2.24, 2.45) is 0 Å². The molecule has 2 unspecified atom stereocenters. The van der Waals surface area contributed by atoms with Crippen molar-refractivity contribution in [1.82, 2.24) is 10.2 Å². The Hall–Kier alpha value is -1.68. The first-order chi connectivity index (χ1) is 9.06. The minimum absolute atomic E-state index is 0.00479. The molecule has 2 rings (SSSR count). The summed E-state index contributed by atoms with van der Waals surface area (Å²) in [7, 11) is 0. The van der Waals surface area contributed by atoms with Crippen LogP contribution in [0.4, 0.5) is 4.39 Å². The van der Waals surface area contributed by atoms with Crippen LogP contribution in [0.15, 0.2) is 30.3 Å². The normalized spacial score (nSPS) is 23.8. The van der Waals surface area contributed by atoms with E-state index in [2.05, 4.69) is 12.2 Å². The quantitative estimate of drug-likeness (QED) is 0.827. The molecule has 1 amide bonds. The van der Waals surface area contributed by atoms with Crippen molar-refractivity contribution in [3.63, 3.8) is 0 Å². The predicted octanol–water partition coefficient (Wildman–Crippen LogP) is 2.05. The minimum atomic E-state index is -0.270. The zero-order valence-corrected chi connectivity index (χ0v) is 11.3. The van der Waals surface area contributed by atoms with Gasteiger partial charge in [-0.2, -0.15) is 0 Å². The summed E-state index contributed by atoms with van der Waals surface area (Å²) in [6.07, 6.45) is 3.28. The van der Waals surface area contributed by atoms with Crippen LogP contribution >= 0.6 is 0 Å². The number of hydrogen-bond donors (Lipinski definition) is 1. The van der Waals surface area contributed by atoms with Crippen molar-refractivity contribution in [2.45, 2.75) is 25.9 Å². The molecule has 0 radical (unpaired) electrons. The number of hydrogen-bond acceptors (Lipinski definition) is 2. The molecule has 1 fully saturated rings. The van der Waals surface area contributed by atoms with Crippen molar-refractivity contribution in [1.29, 1.82) is 0 Å². The van der Waals surface area contributed by atoms with E-state index in [1.54, 1.807) is 24.3 Å². The van der Waals surface area contributed by atoms with Crippen LogP contribution in [0.2, 0.25) is 0 Å². The van der Waals surface area contributed by atoms with Gasteiger partial charge < -0.3 is 10.2 Å². The van der Waals surface area contributed by atoms with Crippen molar-refractivity contribution in [2.75, 3.05) is 13.1 Å². The molecule has 19 heavy (non-hydrogen) atoms. The van der Waals surface area contributed by atoms with Gasteiger partial charge in [0.25, 0.3) is 0 Å². The van der Waals surface area contributed by atoms with Crippen LogP contribution in [-0.4, -0.2) is 36.0 Å². The first-order valence-corrected chi connectivity index (χ1v) is 6.54. The third-order valence-corrected chi connectivity index (χ3v) is 3.34. The fourth-order valence-corrected chi connectivity index (χ4v) is 2.17. The molecule has 1 aliphatic rings. The van der Waals surface area contributed by atoms with Gasteiger partial charge in [-0.05, 0) is 37.6 Å². The Balaban J connectivity index is 2.01. The first kappa shape index (κ1) is 13.7. The van der Waals surface area contributed by atoms with Gasteiger partial charge in [0.15, 0.2) is 0 Å². The summed E-state index contributed by atoms with van der Waals surface area (Å²) in [6.45, 7) is 5.63. The molecule has 1 aromatic carbocycles. The lowest BCUT2D eigenvalue weighted by Crippen LogP contribution is -2.55. The number of nitrogens with zero attached hydrogens (tertiary/aromatic N) is 1. The fourth-order valence-electron chi connectivity index (χ4n) is 2.17. The third kappa shape index (κ3) is 3.64. The van der Waals surface area contributed by atoms with E-state index in [4.69, 9.17) is 0 Å².